The van der Waals surface area contributed by atoms with E-state index in [0.29, 0.717) is 24.9 Å². The van der Waals surface area contributed by atoms with Crippen LogP contribution in [0.15, 0.2) is 20.4 Å². The number of carbonyl (C=O) groups excluding carboxylic acids is 15. The predicted molar refractivity (Wildman–Crippen MR) is 389 cm³/mol. The van der Waals surface area contributed by atoms with E-state index in [2.05, 4.69) is 20.4 Å². The molecule has 0 aromatic heterocycles. The van der Waals surface area contributed by atoms with Gasteiger partial charge >= 0.3 is 266 Å². The van der Waals surface area contributed by atoms with Crippen LogP contribution in [0.5, 0.6) is 0 Å². The number of carboxylic acid groups (broad SMARTS) is 9. The molecular formula is C72H95N8Na9O54. The van der Waals surface area contributed by atoms with Gasteiger partial charge in [-0.2, -0.15) is 20.4 Å². The number of hydrogen-bond acceptors (Lipinski definition) is 58. The summed E-state index contributed by atoms with van der Waals surface area (Å²) in [5.74, 6) is -27.2. The molecule has 4 amide bonds. The van der Waals surface area contributed by atoms with E-state index < -0.39 is 342 Å². The molecule has 756 valence electrons. The minimum absolute atomic E-state index is 0. The molecule has 62 nitrogen and oxygen atoms in total. The summed E-state index contributed by atoms with van der Waals surface area (Å²) in [6.45, 7) is 3.27. The number of nitrogens with one attached hydrogen (secondary N) is 4. The maximum absolute atomic E-state index is 13.3. The fourth-order valence-electron chi connectivity index (χ4n) is 13.4. The average Bonchev–Trinajstić information content (AvgIpc) is 0.812. The Labute approximate surface area is 1010 Å². The number of aliphatic hydroxyl groups excluding tert-OH is 12. The van der Waals surface area contributed by atoms with Crippen LogP contribution in [0, 0.1) is 11.8 Å². The SMILES string of the molecule is COC1OC(C(=O)[O-])C(OC(/C=N/NC(=O)CCCCC(=O)N/N=C/C(OC2C(C(=O)[O-])OC(OC)C(O)C2O)O[C@@H](C(=O)[O-])C(/C=N/NC(=O)CCCCC(=O)N/N=C/C(OC2OC(C(=O)[O-])C(OC)C(O)C2O)C(OC(C=O)OC2C(C(=O)[O-])OC(C)C(O)C2O)C(=O)[O-])OC2OC(C(=O)[O-])C(C)C(O)C2O)OC(C(=O)[O-])[C@@H](C=O)OC2OC(C(=O)[O-])C(C)C(O)C2O)C(O)C1O.[Na+].[Na+].[Na+].[Na+].[Na+].[Na+].[Na+].[Na+].[Na+]. The molecular weight excluding hydrogens is 2050 g/mol. The predicted octanol–water partition coefficient (Wildman–Crippen LogP) is -52.5. The number of aliphatic hydroxyl groups is 12. The van der Waals surface area contributed by atoms with Gasteiger partial charge in [0, 0.05) is 58.8 Å². The van der Waals surface area contributed by atoms with Gasteiger partial charge in [0.1, 0.15) is 159 Å². The summed E-state index contributed by atoms with van der Waals surface area (Å²) in [4.78, 5) is 189. The number of unbranched alkanes of at least 4 members (excludes halogenated alkanes) is 2. The Bertz CT molecular complexity index is 4150. The third-order valence-electron chi connectivity index (χ3n) is 20.6. The van der Waals surface area contributed by atoms with Gasteiger partial charge < -0.3 is 240 Å². The Morgan fingerprint density at radius 1 is 0.294 bits per heavy atom. The number of nitrogens with zero attached hydrogens (tertiary/aromatic N) is 4. The number of aliphatic carboxylic acids is 9. The minimum atomic E-state index is -2.93. The van der Waals surface area contributed by atoms with Crippen molar-refractivity contribution in [1.82, 2.24) is 21.7 Å². The smallest absolute Gasteiger partial charge is 0.547 e. The second kappa shape index (κ2) is 72.6. The van der Waals surface area contributed by atoms with Gasteiger partial charge in [-0.3, -0.25) is 24.0 Å². The van der Waals surface area contributed by atoms with E-state index in [0.717, 1.165) is 42.1 Å². The fraction of sp³-hybridized carbons (Fsp3) is 0.736. The van der Waals surface area contributed by atoms with Crippen molar-refractivity contribution < 1.29 is 530 Å². The second-order valence-corrected chi connectivity index (χ2v) is 29.9. The summed E-state index contributed by atoms with van der Waals surface area (Å²) in [6.07, 6.45) is -88.8. The fourth-order valence-corrected chi connectivity index (χ4v) is 13.4. The van der Waals surface area contributed by atoms with Crippen molar-refractivity contribution >= 4 is 115 Å². The number of carbonyl (C=O) groups is 15. The van der Waals surface area contributed by atoms with Crippen molar-refractivity contribution in [1.29, 1.82) is 0 Å². The van der Waals surface area contributed by atoms with Gasteiger partial charge in [0.2, 0.25) is 29.9 Å². The molecule has 0 radical (unpaired) electrons. The molecule has 16 N–H and O–H groups in total. The van der Waals surface area contributed by atoms with Gasteiger partial charge in [-0.05, 0) is 32.6 Å². The number of methoxy groups -OCH3 is 3. The van der Waals surface area contributed by atoms with Crippen LogP contribution < -0.4 is 334 Å². The summed E-state index contributed by atoms with van der Waals surface area (Å²) in [7, 11) is 2.66. The summed E-state index contributed by atoms with van der Waals surface area (Å²) in [5.41, 5.74) is 7.60. The van der Waals surface area contributed by atoms with E-state index in [1.165, 1.54) is 0 Å². The van der Waals surface area contributed by atoms with Crippen LogP contribution in [0.1, 0.15) is 72.1 Å². The van der Waals surface area contributed by atoms with Gasteiger partial charge in [-0.1, -0.05) is 13.8 Å². The Hall–Kier alpha value is -1.07. The number of amides is 4. The van der Waals surface area contributed by atoms with Crippen LogP contribution in [0.4, 0.5) is 0 Å². The molecule has 37 unspecified atom stereocenters. The molecule has 6 rings (SSSR count). The largest absolute Gasteiger partial charge is 1.00 e. The molecule has 6 saturated heterocycles. The Morgan fingerprint density at radius 2 is 0.538 bits per heavy atom. The van der Waals surface area contributed by atoms with E-state index in [-0.39, 0.29) is 304 Å². The molecule has 0 aromatic rings. The van der Waals surface area contributed by atoms with Crippen LogP contribution in [-0.2, 0) is 157 Å². The van der Waals surface area contributed by atoms with Crippen LogP contribution in [0.3, 0.4) is 0 Å². The molecule has 0 bridgehead atoms. The number of hydrazone groups is 4. The zero-order valence-corrected chi connectivity index (χ0v) is 97.4. The van der Waals surface area contributed by atoms with Crippen molar-refractivity contribution in [2.45, 2.75) is 299 Å². The van der Waals surface area contributed by atoms with E-state index >= 15 is 0 Å². The Morgan fingerprint density at radius 3 is 0.832 bits per heavy atom. The standard InChI is InChI=1S/C72H104N8O54.9Na/c1-21-34(87)41(94)70(130-46(21)59(99)100)121-24(15-73-77-27(83)11-7-8-12-28(84)78-74-16-25(122-72-45(98)38(91)51(117-4)55(134-72)64(109)110)49(62(105)106)128-33(20-82)129-52-37(90)36(89)23(3)120-56(52)65(111)112)48(61(103)104)124-31(126-53-39(92)43(96)68(118-5)132-57(53)66(113)114)17-75-79-29(85)13-9-10-14-30(86)80-76-18-32(127-54-40(93)44(97)69(119-6)133-58(54)67(115)116)125-50(63(107)108)26(19-81)123-71-42(95)35(88)22(2)47(131-71)60(101)102;;;;;;;;;/h15-26,31-58,68-72,87-98H,7-14H2,1-6H3,(H,77,83)(H,78,84)(H,79,85)(H,80,86)(H,99,100)(H,101,102)(H,103,104)(H,105,106)(H,107,108)(H,109,110)(H,111,112)(H,113,114)(H,115,116);;;;;;;;;/q;9*+1/p-9/b73-15+,74-16+,75-17+,76-18+;;;;;;;;;/t21?,22?,23?,24?,25?,26-,31?,32?,33?,34?,35?,36?,37?,38?,39?,40?,41?,42?,43?,44?,45?,46?,47?,48-,49?,50?,51?,52?,53?,54?,55?,56?,57?,58?,68?,69?,70?,71?,72?;;;;;;;;;/m1........./s1. The molecule has 143 heavy (non-hydrogen) atoms. The molecule has 71 heteroatoms. The first-order valence-electron chi connectivity index (χ1n) is 39.7. The zero-order chi connectivity index (χ0) is 100. The van der Waals surface area contributed by atoms with Crippen molar-refractivity contribution in [3.63, 3.8) is 0 Å². The number of aldehydes is 2. The molecule has 0 saturated carbocycles. The molecule has 6 aliphatic heterocycles. The van der Waals surface area contributed by atoms with Crippen LogP contribution in [0.2, 0.25) is 0 Å². The van der Waals surface area contributed by atoms with Crippen LogP contribution >= 0.6 is 0 Å². The Balaban J connectivity index is -0.0000107. The van der Waals surface area contributed by atoms with Crippen LogP contribution in [0.25, 0.3) is 0 Å². The molecule has 6 heterocycles. The van der Waals surface area contributed by atoms with E-state index in [1.54, 1.807) is 0 Å². The third-order valence-corrected chi connectivity index (χ3v) is 20.6. The maximum atomic E-state index is 13.3. The molecule has 0 spiro atoms. The monoisotopic (exact) mass is 2140 g/mol. The minimum Gasteiger partial charge on any atom is -0.547 e. The number of rotatable bonds is 53. The average molecular weight is 2140 g/mol. The van der Waals surface area contributed by atoms with Gasteiger partial charge in [0.25, 0.3) is 0 Å². The van der Waals surface area contributed by atoms with Gasteiger partial charge in [0.15, 0.2) is 56.6 Å². The third kappa shape index (κ3) is 43.2. The van der Waals surface area contributed by atoms with Gasteiger partial charge in [-0.25, -0.2) is 21.7 Å². The van der Waals surface area contributed by atoms with E-state index in [9.17, 15) is 179 Å². The Kier molecular flexibility index (Phi) is 75.2. The first-order chi connectivity index (χ1) is 63.1. The first-order valence-corrected chi connectivity index (χ1v) is 39.7. The van der Waals surface area contributed by atoms with E-state index in [1.807, 2.05) is 21.7 Å². The summed E-state index contributed by atoms with van der Waals surface area (Å²) < 4.78 is 93.8. The normalized spacial score (nSPS) is 32.3. The summed E-state index contributed by atoms with van der Waals surface area (Å²) in [5, 5.41) is 255. The second-order valence-electron chi connectivity index (χ2n) is 29.9. The van der Waals surface area contributed by atoms with Crippen molar-refractivity contribution in [2.75, 3.05) is 21.3 Å². The van der Waals surface area contributed by atoms with Crippen molar-refractivity contribution in [2.24, 2.45) is 32.2 Å². The quantitative estimate of drug-likeness (QED) is 0.00671. The summed E-state index contributed by atoms with van der Waals surface area (Å²) in [6, 6.07) is 0. The topological polar surface area (TPSA) is 970 Å². The van der Waals surface area contributed by atoms with Crippen molar-refractivity contribution in [3.8, 4) is 0 Å². The number of carboxylic acids is 9. The molecule has 6 fully saturated rings. The molecule has 6 aliphatic rings. The molecule has 0 aliphatic carbocycles. The number of hydrogen-bond donors (Lipinski definition) is 16. The molecule has 39 atom stereocenters. The number of ether oxygens (including phenoxy) is 18. The first kappa shape index (κ1) is 148. The van der Waals surface area contributed by atoms with E-state index in [4.69, 9.17) is 85.3 Å². The summed E-state index contributed by atoms with van der Waals surface area (Å²) >= 11 is 0. The van der Waals surface area contributed by atoms with Gasteiger partial charge in [-0.15, -0.1) is 0 Å². The van der Waals surface area contributed by atoms with Crippen LogP contribution in [-0.4, -0.2) is 425 Å². The molecule has 0 aromatic carbocycles. The van der Waals surface area contributed by atoms with Gasteiger partial charge in [0.05, 0.1) is 96.9 Å². The van der Waals surface area contributed by atoms with Crippen molar-refractivity contribution in [3.05, 3.63) is 0 Å². The zero-order valence-electron chi connectivity index (χ0n) is 79.4. The maximum Gasteiger partial charge on any atom is 1.00 e.